The van der Waals surface area contributed by atoms with Gasteiger partial charge in [0.1, 0.15) is 19.3 Å². The summed E-state index contributed by atoms with van der Waals surface area (Å²) in [6.07, 6.45) is 62.6. The van der Waals surface area contributed by atoms with Gasteiger partial charge in [-0.15, -0.1) is 0 Å². The summed E-state index contributed by atoms with van der Waals surface area (Å²) in [6, 6.07) is 0. The molecule has 5 atom stereocenters. The molecule has 0 aliphatic rings. The highest BCUT2D eigenvalue weighted by atomic mass is 31.2. The van der Waals surface area contributed by atoms with Crippen molar-refractivity contribution in [1.29, 1.82) is 0 Å². The normalized spacial score (nSPS) is 13.9. The average Bonchev–Trinajstić information content (AvgIpc) is 0.913. The van der Waals surface area contributed by atoms with Crippen molar-refractivity contribution in [3.05, 3.63) is 0 Å². The molecule has 0 bridgehead atoms. The molecule has 19 heteroatoms. The van der Waals surface area contributed by atoms with Crippen LogP contribution in [0.4, 0.5) is 0 Å². The van der Waals surface area contributed by atoms with Gasteiger partial charge in [0.2, 0.25) is 0 Å². The Bertz CT molecular complexity index is 1920. The lowest BCUT2D eigenvalue weighted by molar-refractivity contribution is -0.161. The summed E-state index contributed by atoms with van der Waals surface area (Å²) in [5.74, 6) is -0.537. The fraction of sp³-hybridized carbons (Fsp3) is 0.951. The van der Waals surface area contributed by atoms with Gasteiger partial charge in [-0.2, -0.15) is 0 Å². The maximum Gasteiger partial charge on any atom is 0.472 e. The van der Waals surface area contributed by atoms with Crippen LogP contribution in [0.2, 0.25) is 0 Å². The summed E-state index contributed by atoms with van der Waals surface area (Å²) in [5, 5.41) is 10.6. The lowest BCUT2D eigenvalue weighted by Gasteiger charge is -2.21. The highest BCUT2D eigenvalue weighted by molar-refractivity contribution is 7.47. The Morgan fingerprint density at radius 2 is 0.460 bits per heavy atom. The molecule has 0 fully saturated rings. The van der Waals surface area contributed by atoms with Crippen LogP contribution in [0.3, 0.4) is 0 Å². The van der Waals surface area contributed by atoms with Crippen LogP contribution in [-0.2, 0) is 65.4 Å². The van der Waals surface area contributed by atoms with Crippen molar-refractivity contribution < 1.29 is 80.2 Å². The molecule has 0 amide bonds. The number of esters is 4. The second-order valence-corrected chi connectivity index (χ2v) is 33.0. The molecule has 0 saturated heterocycles. The fourth-order valence-electron chi connectivity index (χ4n) is 12.5. The summed E-state index contributed by atoms with van der Waals surface area (Å²) in [4.78, 5) is 72.9. The Morgan fingerprint density at radius 1 is 0.270 bits per heavy atom. The molecular weight excluding hydrogens is 1310 g/mol. The van der Waals surface area contributed by atoms with Crippen molar-refractivity contribution in [2.75, 3.05) is 39.6 Å². The summed E-state index contributed by atoms with van der Waals surface area (Å²) >= 11 is 0. The number of rotatable bonds is 80. The minimum absolute atomic E-state index is 0.107. The molecular formula is C81H158O17P2. The topological polar surface area (TPSA) is 237 Å². The van der Waals surface area contributed by atoms with E-state index in [1.54, 1.807) is 0 Å². The third-order valence-electron chi connectivity index (χ3n) is 19.0. The maximum atomic E-state index is 13.1. The first-order valence-corrected chi connectivity index (χ1v) is 45.0. The minimum Gasteiger partial charge on any atom is -0.462 e. The zero-order chi connectivity index (χ0) is 73.5. The first-order valence-electron chi connectivity index (χ1n) is 42.0. The quantitative estimate of drug-likeness (QED) is 0.0222. The zero-order valence-corrected chi connectivity index (χ0v) is 67.3. The second-order valence-electron chi connectivity index (χ2n) is 30.1. The number of phosphoric acid groups is 2. The van der Waals surface area contributed by atoms with Crippen molar-refractivity contribution in [1.82, 2.24) is 0 Å². The average molecular weight is 1470 g/mol. The molecule has 0 aromatic carbocycles. The van der Waals surface area contributed by atoms with Crippen LogP contribution >= 0.6 is 15.6 Å². The smallest absolute Gasteiger partial charge is 0.462 e. The van der Waals surface area contributed by atoms with Gasteiger partial charge in [-0.3, -0.25) is 37.3 Å². The lowest BCUT2D eigenvalue weighted by Crippen LogP contribution is -2.30. The van der Waals surface area contributed by atoms with Gasteiger partial charge in [0.25, 0.3) is 0 Å². The van der Waals surface area contributed by atoms with E-state index in [1.807, 2.05) is 0 Å². The number of unbranched alkanes of at least 4 members (excludes halogenated alkanes) is 50. The van der Waals surface area contributed by atoms with Crippen LogP contribution in [0.15, 0.2) is 0 Å². The van der Waals surface area contributed by atoms with Gasteiger partial charge in [0.05, 0.1) is 26.4 Å². The monoisotopic (exact) mass is 1470 g/mol. The van der Waals surface area contributed by atoms with Crippen molar-refractivity contribution >= 4 is 39.5 Å². The van der Waals surface area contributed by atoms with E-state index in [0.29, 0.717) is 25.7 Å². The highest BCUT2D eigenvalue weighted by Crippen LogP contribution is 2.45. The number of aliphatic hydroxyl groups is 1. The first kappa shape index (κ1) is 98.1. The number of carbonyl (C=O) groups excluding carboxylic acids is 4. The SMILES string of the molecule is CCCCCCCCCCCCCCCCCCCCCC(=O)OC[C@H](COP(=O)(O)OC[C@@H](O)COP(=O)(O)OC[C@@H](COC(=O)CCCCCCCCCC)OC(=O)CCCCCCCCCCCCCC(C)C)OC(=O)CCCCCCCCCCCCCCCCCCC(C)C. The van der Waals surface area contributed by atoms with Crippen molar-refractivity contribution in [2.45, 2.75) is 445 Å². The summed E-state index contributed by atoms with van der Waals surface area (Å²) < 4.78 is 68.6. The molecule has 0 saturated carbocycles. The predicted molar refractivity (Wildman–Crippen MR) is 409 cm³/mol. The molecule has 0 aromatic heterocycles. The van der Waals surface area contributed by atoms with Crippen molar-refractivity contribution in [2.24, 2.45) is 11.8 Å². The number of phosphoric ester groups is 2. The Kier molecular flexibility index (Phi) is 71.2. The van der Waals surface area contributed by atoms with Gasteiger partial charge in [-0.1, -0.05) is 375 Å². The fourth-order valence-corrected chi connectivity index (χ4v) is 14.1. The molecule has 0 aliphatic heterocycles. The molecule has 0 heterocycles. The van der Waals surface area contributed by atoms with Crippen molar-refractivity contribution in [3.8, 4) is 0 Å². The highest BCUT2D eigenvalue weighted by Gasteiger charge is 2.30. The van der Waals surface area contributed by atoms with Crippen LogP contribution in [0, 0.1) is 11.8 Å². The van der Waals surface area contributed by atoms with E-state index in [4.69, 9.17) is 37.0 Å². The van der Waals surface area contributed by atoms with Crippen LogP contribution in [0.5, 0.6) is 0 Å². The molecule has 594 valence electrons. The number of hydrogen-bond donors (Lipinski definition) is 3. The second kappa shape index (κ2) is 72.6. The van der Waals surface area contributed by atoms with E-state index >= 15 is 0 Å². The number of aliphatic hydroxyl groups excluding tert-OH is 1. The van der Waals surface area contributed by atoms with Gasteiger partial charge >= 0.3 is 39.5 Å². The number of ether oxygens (including phenoxy) is 4. The predicted octanol–water partition coefficient (Wildman–Crippen LogP) is 24.3. The molecule has 0 aromatic rings. The third kappa shape index (κ3) is 74.3. The van der Waals surface area contributed by atoms with E-state index in [1.165, 1.54) is 238 Å². The lowest BCUT2D eigenvalue weighted by atomic mass is 10.0. The summed E-state index contributed by atoms with van der Waals surface area (Å²) in [5.41, 5.74) is 0. The number of hydrogen-bond acceptors (Lipinski definition) is 15. The molecule has 0 aliphatic carbocycles. The van der Waals surface area contributed by atoms with Gasteiger partial charge in [0.15, 0.2) is 12.2 Å². The van der Waals surface area contributed by atoms with E-state index in [2.05, 4.69) is 41.5 Å². The Hall–Kier alpha value is -1.94. The van der Waals surface area contributed by atoms with E-state index in [0.717, 1.165) is 108 Å². The zero-order valence-electron chi connectivity index (χ0n) is 65.5. The Balaban J connectivity index is 5.20. The van der Waals surface area contributed by atoms with E-state index in [9.17, 15) is 43.2 Å². The van der Waals surface area contributed by atoms with Crippen LogP contribution < -0.4 is 0 Å². The van der Waals surface area contributed by atoms with E-state index in [-0.39, 0.29) is 25.7 Å². The van der Waals surface area contributed by atoms with E-state index < -0.39 is 97.5 Å². The Labute approximate surface area is 613 Å². The maximum absolute atomic E-state index is 13.1. The molecule has 2 unspecified atom stereocenters. The van der Waals surface area contributed by atoms with Crippen molar-refractivity contribution in [3.63, 3.8) is 0 Å². The molecule has 0 radical (unpaired) electrons. The summed E-state index contributed by atoms with van der Waals surface area (Å²) in [6.45, 7) is 9.64. The molecule has 0 spiro atoms. The minimum atomic E-state index is -4.96. The Morgan fingerprint density at radius 3 is 0.680 bits per heavy atom. The van der Waals surface area contributed by atoms with Gasteiger partial charge in [-0.05, 0) is 37.5 Å². The summed E-state index contributed by atoms with van der Waals surface area (Å²) in [7, 11) is -9.92. The van der Waals surface area contributed by atoms with Crippen LogP contribution in [0.1, 0.15) is 427 Å². The molecule has 3 N–H and O–H groups in total. The van der Waals surface area contributed by atoms with Gasteiger partial charge < -0.3 is 33.8 Å². The standard InChI is InChI=1S/C81H158O17P2/c1-7-9-11-13-15-17-18-19-20-21-22-23-27-30-35-40-46-52-58-64-79(84)92-70-77(98-80(85)65-59-53-47-41-36-31-28-25-24-26-29-33-38-43-49-55-61-73(3)4)72-96-100(89,90)94-68-75(82)67-93-99(87,88)95-71-76(69-91-78(83)63-57-51-45-16-14-12-10-8-2)97-81(86)66-60-54-48-42-37-32-34-39-44-50-56-62-74(5)6/h73-77,82H,7-72H2,1-6H3,(H,87,88)(H,89,90)/t75-,76+,77+/m0/s1. The van der Waals surface area contributed by atoms with Crippen LogP contribution in [0.25, 0.3) is 0 Å². The van der Waals surface area contributed by atoms with Gasteiger partial charge in [-0.25, -0.2) is 9.13 Å². The van der Waals surface area contributed by atoms with Crippen LogP contribution in [-0.4, -0.2) is 96.7 Å². The molecule has 100 heavy (non-hydrogen) atoms. The largest absolute Gasteiger partial charge is 0.472 e. The first-order chi connectivity index (χ1) is 48.4. The molecule has 17 nitrogen and oxygen atoms in total. The molecule has 0 rings (SSSR count). The van der Waals surface area contributed by atoms with Gasteiger partial charge in [0, 0.05) is 25.7 Å². The third-order valence-corrected chi connectivity index (χ3v) is 20.9. The number of carbonyl (C=O) groups is 4.